The van der Waals surface area contributed by atoms with E-state index in [1.807, 2.05) is 0 Å². The molecule has 1 aliphatic heterocycles. The summed E-state index contributed by atoms with van der Waals surface area (Å²) in [6, 6.07) is 4.19. The molecule has 66 valence electrons. The van der Waals surface area contributed by atoms with Crippen LogP contribution in [-0.2, 0) is 6.42 Å². The minimum atomic E-state index is 1.02. The van der Waals surface area contributed by atoms with Crippen LogP contribution in [0.5, 0.6) is 0 Å². The molecule has 0 saturated heterocycles. The first-order valence-electron chi connectivity index (χ1n) is 4.30. The minimum absolute atomic E-state index is 1.02. The number of rotatable bonds is 1. The van der Waals surface area contributed by atoms with Crippen molar-refractivity contribution in [2.75, 3.05) is 11.9 Å². The van der Waals surface area contributed by atoms with Gasteiger partial charge in [-0.15, -0.1) is 11.3 Å². The van der Waals surface area contributed by atoms with Gasteiger partial charge >= 0.3 is 0 Å². The molecule has 3 rings (SSSR count). The molecule has 4 heteroatoms. The Morgan fingerprint density at radius 1 is 1.46 bits per heavy atom. The first kappa shape index (κ1) is 7.15. The Morgan fingerprint density at radius 2 is 2.46 bits per heavy atom. The van der Waals surface area contributed by atoms with E-state index in [-0.39, 0.29) is 0 Å². The van der Waals surface area contributed by atoms with Crippen LogP contribution in [0.3, 0.4) is 0 Å². The Morgan fingerprint density at radius 3 is 3.31 bits per heavy atom. The molecule has 2 N–H and O–H groups in total. The number of nitrogens with one attached hydrogen (secondary N) is 2. The molecule has 0 aromatic carbocycles. The van der Waals surface area contributed by atoms with Gasteiger partial charge in [-0.3, -0.25) is 5.10 Å². The molecule has 0 spiro atoms. The lowest BCUT2D eigenvalue weighted by atomic mass is 10.2. The van der Waals surface area contributed by atoms with Crippen LogP contribution >= 0.6 is 11.3 Å². The van der Waals surface area contributed by atoms with E-state index >= 15 is 0 Å². The smallest absolute Gasteiger partial charge is 0.151 e. The van der Waals surface area contributed by atoms with E-state index < -0.39 is 0 Å². The average molecular weight is 191 g/mol. The highest BCUT2D eigenvalue weighted by Gasteiger charge is 2.19. The summed E-state index contributed by atoms with van der Waals surface area (Å²) in [7, 11) is 0. The van der Waals surface area contributed by atoms with Crippen molar-refractivity contribution in [1.82, 2.24) is 10.2 Å². The fourth-order valence-corrected chi connectivity index (χ4v) is 2.43. The lowest BCUT2D eigenvalue weighted by Crippen LogP contribution is -1.94. The average Bonchev–Trinajstić information content (AvgIpc) is 2.79. The summed E-state index contributed by atoms with van der Waals surface area (Å²) in [6.07, 6.45) is 1.08. The number of hydrogen-bond acceptors (Lipinski definition) is 3. The van der Waals surface area contributed by atoms with Crippen LogP contribution in [0, 0.1) is 0 Å². The monoisotopic (exact) mass is 191 g/mol. The number of aromatic nitrogens is 2. The topological polar surface area (TPSA) is 40.7 Å². The van der Waals surface area contributed by atoms with Gasteiger partial charge in [0.25, 0.3) is 0 Å². The molecule has 0 amide bonds. The number of thiophene rings is 1. The molecule has 2 aromatic heterocycles. The van der Waals surface area contributed by atoms with Crippen molar-refractivity contribution in [1.29, 1.82) is 0 Å². The lowest BCUT2D eigenvalue weighted by molar-refractivity contribution is 1.04. The van der Waals surface area contributed by atoms with E-state index in [1.165, 1.54) is 16.1 Å². The Labute approximate surface area is 79.8 Å². The molecular formula is C9H9N3S. The first-order valence-corrected chi connectivity index (χ1v) is 5.18. The summed E-state index contributed by atoms with van der Waals surface area (Å²) in [4.78, 5) is 1.28. The minimum Gasteiger partial charge on any atom is -0.368 e. The Kier molecular flexibility index (Phi) is 1.43. The maximum Gasteiger partial charge on any atom is 0.151 e. The van der Waals surface area contributed by atoms with Gasteiger partial charge in [0.05, 0.1) is 10.6 Å². The third kappa shape index (κ3) is 0.986. The van der Waals surface area contributed by atoms with Crippen LogP contribution in [0.15, 0.2) is 17.5 Å². The van der Waals surface area contributed by atoms with Gasteiger partial charge in [-0.05, 0) is 17.9 Å². The van der Waals surface area contributed by atoms with Crippen LogP contribution in [-0.4, -0.2) is 16.7 Å². The zero-order chi connectivity index (χ0) is 8.67. The second-order valence-electron chi connectivity index (χ2n) is 3.08. The quantitative estimate of drug-likeness (QED) is 0.724. The zero-order valence-corrected chi connectivity index (χ0v) is 7.82. The highest BCUT2D eigenvalue weighted by Crippen LogP contribution is 2.32. The summed E-state index contributed by atoms with van der Waals surface area (Å²) >= 11 is 1.75. The molecule has 0 fully saturated rings. The van der Waals surface area contributed by atoms with Gasteiger partial charge in [0, 0.05) is 12.1 Å². The van der Waals surface area contributed by atoms with E-state index in [9.17, 15) is 0 Å². The third-order valence-electron chi connectivity index (χ3n) is 2.30. The predicted molar refractivity (Wildman–Crippen MR) is 54.1 cm³/mol. The van der Waals surface area contributed by atoms with Gasteiger partial charge in [-0.25, -0.2) is 0 Å². The van der Waals surface area contributed by atoms with Crippen LogP contribution in [0.2, 0.25) is 0 Å². The first-order chi connectivity index (χ1) is 6.45. The van der Waals surface area contributed by atoms with Crippen molar-refractivity contribution in [3.63, 3.8) is 0 Å². The molecule has 0 radical (unpaired) electrons. The summed E-state index contributed by atoms with van der Waals surface area (Å²) in [6.45, 7) is 1.02. The normalized spacial score (nSPS) is 14.2. The van der Waals surface area contributed by atoms with Crippen molar-refractivity contribution in [2.24, 2.45) is 0 Å². The lowest BCUT2D eigenvalue weighted by Gasteiger charge is -1.93. The van der Waals surface area contributed by atoms with Crippen LogP contribution < -0.4 is 5.32 Å². The molecule has 2 aromatic rings. The van der Waals surface area contributed by atoms with E-state index in [4.69, 9.17) is 0 Å². The zero-order valence-electron chi connectivity index (χ0n) is 7.00. The molecule has 0 unspecified atom stereocenters. The number of H-pyrrole nitrogens is 1. The number of anilines is 1. The molecule has 3 heterocycles. The van der Waals surface area contributed by atoms with Crippen molar-refractivity contribution >= 4 is 17.2 Å². The van der Waals surface area contributed by atoms with Crippen molar-refractivity contribution < 1.29 is 0 Å². The third-order valence-corrected chi connectivity index (χ3v) is 3.19. The van der Waals surface area contributed by atoms with E-state index in [1.54, 1.807) is 11.3 Å². The molecule has 13 heavy (non-hydrogen) atoms. The fourth-order valence-electron chi connectivity index (χ4n) is 1.69. The van der Waals surface area contributed by atoms with Gasteiger partial charge in [-0.1, -0.05) is 6.07 Å². The summed E-state index contributed by atoms with van der Waals surface area (Å²) in [5, 5.41) is 12.6. The fraction of sp³-hybridized carbons (Fsp3) is 0.222. The Balaban J connectivity index is 2.16. The Hall–Kier alpha value is -1.29. The second kappa shape index (κ2) is 2.60. The molecule has 0 saturated carbocycles. The van der Waals surface area contributed by atoms with Crippen molar-refractivity contribution in [3.8, 4) is 10.6 Å². The number of fused-ring (bicyclic) bond motifs is 1. The molecule has 0 bridgehead atoms. The van der Waals surface area contributed by atoms with Crippen molar-refractivity contribution in [3.05, 3.63) is 23.1 Å². The molecular weight excluding hydrogens is 182 g/mol. The number of nitrogens with zero attached hydrogens (tertiary/aromatic N) is 1. The van der Waals surface area contributed by atoms with E-state index in [2.05, 4.69) is 33.0 Å². The van der Waals surface area contributed by atoms with Crippen LogP contribution in [0.25, 0.3) is 10.6 Å². The van der Waals surface area contributed by atoms with Gasteiger partial charge in [0.15, 0.2) is 5.82 Å². The van der Waals surface area contributed by atoms with Gasteiger partial charge < -0.3 is 5.32 Å². The van der Waals surface area contributed by atoms with Gasteiger partial charge in [-0.2, -0.15) is 5.10 Å². The van der Waals surface area contributed by atoms with E-state index in [0.717, 1.165) is 18.8 Å². The van der Waals surface area contributed by atoms with Crippen LogP contribution in [0.4, 0.5) is 5.82 Å². The highest BCUT2D eigenvalue weighted by molar-refractivity contribution is 7.13. The standard InChI is InChI=1S/C9H9N3S/c1-2-7(13-5-1)8-6-3-4-10-9(6)12-11-8/h1-2,5H,3-4H2,(H2,10,11,12). The van der Waals surface area contributed by atoms with Crippen LogP contribution in [0.1, 0.15) is 5.56 Å². The molecule has 0 aliphatic carbocycles. The summed E-state index contributed by atoms with van der Waals surface area (Å²) in [5.74, 6) is 1.03. The van der Waals surface area contributed by atoms with E-state index in [0.29, 0.717) is 0 Å². The maximum absolute atomic E-state index is 4.22. The second-order valence-corrected chi connectivity index (χ2v) is 4.03. The molecule has 1 aliphatic rings. The number of hydrogen-bond donors (Lipinski definition) is 2. The Bertz CT molecular complexity index is 416. The molecule has 0 atom stereocenters. The maximum atomic E-state index is 4.22. The summed E-state index contributed by atoms with van der Waals surface area (Å²) in [5.41, 5.74) is 2.53. The van der Waals surface area contributed by atoms with Gasteiger partial charge in [0.2, 0.25) is 0 Å². The van der Waals surface area contributed by atoms with Crippen molar-refractivity contribution in [2.45, 2.75) is 6.42 Å². The van der Waals surface area contributed by atoms with Gasteiger partial charge in [0.1, 0.15) is 0 Å². The summed E-state index contributed by atoms with van der Waals surface area (Å²) < 4.78 is 0. The predicted octanol–water partition coefficient (Wildman–Crippen LogP) is 2.11. The largest absolute Gasteiger partial charge is 0.368 e. The highest BCUT2D eigenvalue weighted by atomic mass is 32.1. The SMILES string of the molecule is c1csc(-c2[nH]nc3c2CCN3)c1. The number of aromatic amines is 1. The molecule has 3 nitrogen and oxygen atoms in total.